The summed E-state index contributed by atoms with van der Waals surface area (Å²) in [6, 6.07) is -8.33. The Labute approximate surface area is 335 Å². The van der Waals surface area contributed by atoms with Gasteiger partial charge in [0.2, 0.25) is 47.3 Å². The Kier molecular flexibility index (Phi) is 22.8. The first-order valence-corrected chi connectivity index (χ1v) is 19.9. The van der Waals surface area contributed by atoms with Crippen LogP contribution in [0.3, 0.4) is 0 Å². The second-order valence-electron chi connectivity index (χ2n) is 15.3. The predicted octanol–water partition coefficient (Wildman–Crippen LogP) is -2.21. The Balaban J connectivity index is 3.19. The fourth-order valence-electron chi connectivity index (χ4n) is 5.94. The lowest BCUT2D eigenvalue weighted by Crippen LogP contribution is -2.62. The number of amides is 8. The van der Waals surface area contributed by atoms with Gasteiger partial charge in [-0.2, -0.15) is 0 Å². The van der Waals surface area contributed by atoms with Gasteiger partial charge in [0.25, 0.3) is 0 Å². The van der Waals surface area contributed by atoms with Crippen LogP contribution in [-0.4, -0.2) is 114 Å². The van der Waals surface area contributed by atoms with Crippen LogP contribution in [0, 0.1) is 11.8 Å². The van der Waals surface area contributed by atoms with E-state index in [2.05, 4.69) is 42.2 Å². The third-order valence-electron chi connectivity index (χ3n) is 9.34. The molecule has 0 saturated carbocycles. The number of nitrogens with two attached hydrogens (primary N) is 3. The minimum absolute atomic E-state index is 0.0984. The van der Waals surface area contributed by atoms with Gasteiger partial charge in [0, 0.05) is 19.5 Å². The van der Waals surface area contributed by atoms with E-state index >= 15 is 0 Å². The van der Waals surface area contributed by atoms with Gasteiger partial charge in [-0.25, -0.2) is 0 Å². The average Bonchev–Trinajstić information content (AvgIpc) is 3.11. The first-order chi connectivity index (χ1) is 26.7. The van der Waals surface area contributed by atoms with Crippen LogP contribution in [0.2, 0.25) is 0 Å². The largest absolute Gasteiger partial charge is 0.391 e. The minimum atomic E-state index is -1.64. The molecule has 0 aromatic rings. The Morgan fingerprint density at radius 1 is 0.667 bits per heavy atom. The van der Waals surface area contributed by atoms with E-state index in [1.54, 1.807) is 27.7 Å². The van der Waals surface area contributed by atoms with Crippen LogP contribution < -0.4 is 54.4 Å². The number of aliphatic hydroxyl groups excluding tert-OH is 1. The fourth-order valence-corrected chi connectivity index (χ4v) is 5.94. The van der Waals surface area contributed by atoms with E-state index in [-0.39, 0.29) is 12.4 Å². The standard InChI is InChI=1S/C37H67N11O9/c1-20(2)28-34(55)47-29(21(3)4)35(56)48-30(23(6)49)36(57)45-24(18-26(38)50)32(53)43-22(5)31(52)42-19-25(33(54)46-28)44-27(51)16-14-12-10-8-7-9-11-13-15-17-41-37(39)40/h20-25,28-30,49H,7-19H2,1-6H3,(H2,38,50)(H,42,52)(H,43,53)(H,44,51)(H,45,57)(H,46,54)(H,47,55)(H,48,56)(H4,39,40,41)/t22-,23-,24-,25?,28-,29+,30-/m1/s1. The molecule has 0 aromatic carbocycles. The van der Waals surface area contributed by atoms with Crippen LogP contribution in [0.1, 0.15) is 112 Å². The molecule has 0 bridgehead atoms. The predicted molar refractivity (Wildman–Crippen MR) is 212 cm³/mol. The monoisotopic (exact) mass is 810 g/mol. The number of carbonyl (C=O) groups is 8. The molecule has 8 amide bonds. The SMILES string of the molecule is CC(C)[C@@H]1NC(=O)[C@@H](C(C)C)NC(=O)C(NC(=O)CCCCCCCCCCCN=C(N)N)CNC(=O)[C@@H](C)NC(=O)[C@@H](CC(N)=O)NC(=O)[C@@H]([C@@H](C)O)NC1=O. The molecule has 1 unspecified atom stereocenters. The van der Waals surface area contributed by atoms with E-state index in [0.717, 1.165) is 51.4 Å². The molecule has 324 valence electrons. The molecule has 1 rings (SSSR count). The van der Waals surface area contributed by atoms with E-state index in [0.29, 0.717) is 13.0 Å². The first-order valence-electron chi connectivity index (χ1n) is 19.9. The summed E-state index contributed by atoms with van der Waals surface area (Å²) in [7, 11) is 0. The third kappa shape index (κ3) is 19.6. The van der Waals surface area contributed by atoms with Gasteiger partial charge in [0.1, 0.15) is 36.3 Å². The highest BCUT2D eigenvalue weighted by molar-refractivity contribution is 5.98. The first kappa shape index (κ1) is 50.0. The van der Waals surface area contributed by atoms with Crippen LogP contribution in [0.5, 0.6) is 0 Å². The van der Waals surface area contributed by atoms with E-state index in [1.165, 1.54) is 13.8 Å². The zero-order valence-corrected chi connectivity index (χ0v) is 34.3. The van der Waals surface area contributed by atoms with Crippen molar-refractivity contribution in [2.45, 2.75) is 155 Å². The smallest absolute Gasteiger partial charge is 0.245 e. The molecule has 20 nitrogen and oxygen atoms in total. The van der Waals surface area contributed by atoms with Crippen molar-refractivity contribution in [2.75, 3.05) is 13.1 Å². The van der Waals surface area contributed by atoms with Gasteiger partial charge in [0.15, 0.2) is 5.96 Å². The van der Waals surface area contributed by atoms with Crippen molar-refractivity contribution < 1.29 is 43.5 Å². The topological polar surface area (TPSA) is 331 Å². The van der Waals surface area contributed by atoms with Crippen molar-refractivity contribution in [3.63, 3.8) is 0 Å². The molecular weight excluding hydrogens is 742 g/mol. The van der Waals surface area contributed by atoms with Crippen molar-refractivity contribution in [1.82, 2.24) is 37.2 Å². The summed E-state index contributed by atoms with van der Waals surface area (Å²) in [5.74, 6) is -7.58. The highest BCUT2D eigenvalue weighted by atomic mass is 16.3. The van der Waals surface area contributed by atoms with E-state index < -0.39 is 114 Å². The highest BCUT2D eigenvalue weighted by Crippen LogP contribution is 2.12. The molecule has 0 aromatic heterocycles. The van der Waals surface area contributed by atoms with Gasteiger partial charge < -0.3 is 59.5 Å². The second kappa shape index (κ2) is 26.0. The molecule has 1 aliphatic heterocycles. The zero-order chi connectivity index (χ0) is 43.2. The van der Waals surface area contributed by atoms with E-state index in [4.69, 9.17) is 17.2 Å². The number of carbonyl (C=O) groups excluding carboxylic acids is 8. The summed E-state index contributed by atoms with van der Waals surface area (Å²) in [5, 5.41) is 27.9. The summed E-state index contributed by atoms with van der Waals surface area (Å²) in [6.45, 7) is 9.30. The van der Waals surface area contributed by atoms with E-state index in [9.17, 15) is 43.5 Å². The van der Waals surface area contributed by atoms with Gasteiger partial charge in [-0.15, -0.1) is 0 Å². The molecule has 0 radical (unpaired) electrons. The van der Waals surface area contributed by atoms with Crippen molar-refractivity contribution in [2.24, 2.45) is 34.0 Å². The average molecular weight is 810 g/mol. The normalized spacial score (nSPS) is 23.7. The van der Waals surface area contributed by atoms with Crippen LogP contribution in [0.25, 0.3) is 0 Å². The molecule has 0 spiro atoms. The van der Waals surface area contributed by atoms with Gasteiger partial charge >= 0.3 is 0 Å². The number of primary amides is 1. The molecule has 1 aliphatic rings. The molecular formula is C37H67N11O9. The Morgan fingerprint density at radius 2 is 1.14 bits per heavy atom. The molecule has 0 aliphatic carbocycles. The third-order valence-corrected chi connectivity index (χ3v) is 9.34. The van der Waals surface area contributed by atoms with Crippen LogP contribution in [0.15, 0.2) is 4.99 Å². The summed E-state index contributed by atoms with van der Waals surface area (Å²) in [6.07, 6.45) is 6.40. The fraction of sp³-hybridized carbons (Fsp3) is 0.757. The van der Waals surface area contributed by atoms with Gasteiger partial charge in [-0.1, -0.05) is 72.6 Å². The molecule has 7 atom stereocenters. The van der Waals surface area contributed by atoms with Crippen LogP contribution in [0.4, 0.5) is 0 Å². The molecule has 1 fully saturated rings. The lowest BCUT2D eigenvalue weighted by atomic mass is 9.98. The maximum atomic E-state index is 13.7. The van der Waals surface area contributed by atoms with Crippen molar-refractivity contribution in [3.05, 3.63) is 0 Å². The number of unbranched alkanes of at least 4 members (excludes halogenated alkanes) is 8. The number of nitrogens with one attached hydrogen (secondary N) is 7. The van der Waals surface area contributed by atoms with Crippen molar-refractivity contribution in [3.8, 4) is 0 Å². The Hall–Kier alpha value is -5.01. The molecule has 57 heavy (non-hydrogen) atoms. The van der Waals surface area contributed by atoms with Crippen LogP contribution >= 0.6 is 0 Å². The number of rotatable bonds is 18. The number of nitrogens with zero attached hydrogens (tertiary/aromatic N) is 1. The summed E-state index contributed by atoms with van der Waals surface area (Å²) < 4.78 is 0. The second-order valence-corrected chi connectivity index (χ2v) is 15.3. The number of aliphatic hydroxyl groups is 1. The quantitative estimate of drug-likeness (QED) is 0.0401. The van der Waals surface area contributed by atoms with Crippen LogP contribution in [-0.2, 0) is 38.4 Å². The highest BCUT2D eigenvalue weighted by Gasteiger charge is 2.37. The zero-order valence-electron chi connectivity index (χ0n) is 34.3. The lowest BCUT2D eigenvalue weighted by molar-refractivity contribution is -0.137. The van der Waals surface area contributed by atoms with Gasteiger partial charge in [0.05, 0.1) is 12.5 Å². The van der Waals surface area contributed by atoms with Gasteiger partial charge in [-0.3, -0.25) is 43.3 Å². The molecule has 1 heterocycles. The Morgan fingerprint density at radius 3 is 1.63 bits per heavy atom. The number of aliphatic imine (C=N–C) groups is 1. The maximum absolute atomic E-state index is 13.7. The number of hydrogen-bond donors (Lipinski definition) is 11. The molecule has 1 saturated heterocycles. The molecule has 20 heteroatoms. The van der Waals surface area contributed by atoms with Crippen molar-refractivity contribution >= 4 is 53.2 Å². The van der Waals surface area contributed by atoms with E-state index in [1.807, 2.05) is 0 Å². The summed E-state index contributed by atoms with van der Waals surface area (Å²) in [4.78, 5) is 109. The van der Waals surface area contributed by atoms with Gasteiger partial charge in [-0.05, 0) is 38.5 Å². The molecule has 14 N–H and O–H groups in total. The number of guanidine groups is 1. The number of hydrogen-bond acceptors (Lipinski definition) is 10. The lowest BCUT2D eigenvalue weighted by Gasteiger charge is -2.30. The summed E-state index contributed by atoms with van der Waals surface area (Å²) >= 11 is 0. The summed E-state index contributed by atoms with van der Waals surface area (Å²) in [5.41, 5.74) is 16.0. The maximum Gasteiger partial charge on any atom is 0.245 e. The van der Waals surface area contributed by atoms with Crippen molar-refractivity contribution in [1.29, 1.82) is 0 Å². The Bertz CT molecular complexity index is 1400. The minimum Gasteiger partial charge on any atom is -0.391 e.